The van der Waals surface area contributed by atoms with E-state index in [1.807, 2.05) is 6.92 Å². The Morgan fingerprint density at radius 2 is 1.02 bits per heavy atom. The van der Waals surface area contributed by atoms with E-state index in [1.54, 1.807) is 60.8 Å². The van der Waals surface area contributed by atoms with Gasteiger partial charge in [-0.25, -0.2) is 4.98 Å². The van der Waals surface area contributed by atoms with Crippen molar-refractivity contribution in [1.29, 1.82) is 10.8 Å². The van der Waals surface area contributed by atoms with Gasteiger partial charge in [-0.1, -0.05) is 68.3 Å². The quantitative estimate of drug-likeness (QED) is 0.00851. The topological polar surface area (TPSA) is 618 Å². The van der Waals surface area contributed by atoms with E-state index in [1.165, 1.54) is 17.4 Å². The number of primary amides is 1. The summed E-state index contributed by atoms with van der Waals surface area (Å²) in [6, 6.07) is -0.575. The van der Waals surface area contributed by atoms with Crippen molar-refractivity contribution >= 4 is 149 Å². The number of rotatable bonds is 48. The van der Waals surface area contributed by atoms with E-state index in [0.29, 0.717) is 41.3 Å². The SMILES string of the molecule is CCCC[C@H](NC(=O)[C@@H]1CCCN1C(=O)[C@H](CCCNC(=N)N)NC(=O)[C@H](CS)NC(=O)[C@H](Cc1c[nH]c2ccccc12)NC(=O)[C@H](CCCNC(=N)N)NC(=O)[C@@H](Cc1ccccc1)NC(=O)[C@H](Cc1cnc[nH]1)NC(=O)[C@H](CCC(=O)O)NC(=O)[C@H](CS)NC(=O)[C@H](CS)NC(C)=O)C(=O)NCC(=O)NCC(N)=O. The molecule has 0 bridgehead atoms. The Labute approximate surface area is 655 Å². The van der Waals surface area contributed by atoms with E-state index in [-0.39, 0.29) is 101 Å². The summed E-state index contributed by atoms with van der Waals surface area (Å²) in [6.45, 7) is 2.12. The molecule has 0 spiro atoms. The highest BCUT2D eigenvalue weighted by atomic mass is 32.1. The number of aromatic nitrogens is 3. The van der Waals surface area contributed by atoms with Crippen LogP contribution in [0.25, 0.3) is 10.9 Å². The molecule has 0 aliphatic carbocycles. The highest BCUT2D eigenvalue weighted by Crippen LogP contribution is 2.23. The first kappa shape index (κ1) is 90.4. The third-order valence-electron chi connectivity index (χ3n) is 17.5. The minimum atomic E-state index is -1.68. The monoisotopic (exact) mass is 1600 g/mol. The molecule has 1 aliphatic rings. The highest BCUT2D eigenvalue weighted by Gasteiger charge is 2.41. The fourth-order valence-corrected chi connectivity index (χ4v) is 12.5. The maximum absolute atomic E-state index is 15.2. The smallest absolute Gasteiger partial charge is 0.303 e. The van der Waals surface area contributed by atoms with Gasteiger partial charge < -0.3 is 112 Å². The Hall–Kier alpha value is -11.2. The number of likely N-dealkylation sites (tertiary alicyclic amines) is 1. The van der Waals surface area contributed by atoms with Crippen LogP contribution in [-0.4, -0.2) is 242 Å². The van der Waals surface area contributed by atoms with Crippen LogP contribution in [0.3, 0.4) is 0 Å². The molecular formula is C69H101N23O16S3. The van der Waals surface area contributed by atoms with Crippen molar-refractivity contribution in [3.63, 3.8) is 0 Å². The molecule has 42 heteroatoms. The van der Waals surface area contributed by atoms with Crippen molar-refractivity contribution in [3.05, 3.63) is 90.1 Å². The number of para-hydroxylation sites is 1. The Bertz CT molecular complexity index is 3890. The Morgan fingerprint density at radius 1 is 0.541 bits per heavy atom. The maximum atomic E-state index is 15.2. The first-order valence-electron chi connectivity index (χ1n) is 35.9. The Kier molecular flexibility index (Phi) is 38.3. The van der Waals surface area contributed by atoms with Crippen LogP contribution in [0.4, 0.5) is 0 Å². The van der Waals surface area contributed by atoms with Gasteiger partial charge in [-0.15, -0.1) is 0 Å². The third-order valence-corrected chi connectivity index (χ3v) is 18.6. The summed E-state index contributed by atoms with van der Waals surface area (Å²) < 4.78 is 0. The standard InChI is InChI=1S/C69H101N23O16S3/c1-3-4-16-43(57(98)80-32-55(95)79-31-54(70)94)85-66(107)53-20-12-25-92(53)67(108)46(19-11-24-77-69(73)74)86-65(106)52(35-111)90-61(102)48(27-39-29-78-42-17-9-8-15-41(39)42)88-58(99)44(18-10-23-76-68(71)72)83-60(101)47(26-38-13-6-5-7-14-38)87-62(103)49(28-40-30-75-36-81-40)89-59(100)45(21-22-56(96)97)84-64(105)51(34-110)91-63(104)50(33-109)82-37(2)93/h5-9,13-15,17,29-30,36,43-53,78,109-111H,3-4,10-12,16,18-28,31-35H2,1-2H3,(H2,70,94)(H,75,81)(H,79,95)(H,80,98)(H,82,93)(H,83,101)(H,84,105)(H,85,107)(H,86,106)(H,87,103)(H,88,99)(H,89,100)(H,90,102)(H,91,104)(H,96,97)(H4,71,72,76)(H4,73,74,77)/t43-,44-,45-,46-,47+,48-,49-,50-,51-,52-,53-/m0/s1. The number of hydrogen-bond acceptors (Lipinski definition) is 21. The molecule has 11 atom stereocenters. The molecule has 4 aromatic rings. The van der Waals surface area contributed by atoms with Gasteiger partial charge in [0.05, 0.1) is 19.4 Å². The number of imidazole rings is 1. The van der Waals surface area contributed by atoms with Crippen LogP contribution in [0.15, 0.2) is 73.3 Å². The highest BCUT2D eigenvalue weighted by molar-refractivity contribution is 7.80. The number of fused-ring (bicyclic) bond motifs is 1. The third kappa shape index (κ3) is 31.0. The summed E-state index contributed by atoms with van der Waals surface area (Å²) in [5.74, 6) is -15.0. The van der Waals surface area contributed by atoms with Gasteiger partial charge in [-0.05, 0) is 68.6 Å². The Morgan fingerprint density at radius 3 is 1.55 bits per heavy atom. The molecule has 606 valence electrons. The van der Waals surface area contributed by atoms with Crippen molar-refractivity contribution in [2.24, 2.45) is 17.2 Å². The normalized spacial score (nSPS) is 15.0. The molecule has 2 aromatic carbocycles. The lowest BCUT2D eigenvalue weighted by atomic mass is 10.0. The van der Waals surface area contributed by atoms with Crippen LogP contribution < -0.4 is 91.6 Å². The molecule has 1 saturated heterocycles. The summed E-state index contributed by atoms with van der Waals surface area (Å²) in [6.07, 6.45) is 3.74. The maximum Gasteiger partial charge on any atom is 0.303 e. The van der Waals surface area contributed by atoms with Crippen LogP contribution in [-0.2, 0) is 91.2 Å². The number of thiol groups is 3. The number of guanidine groups is 2. The second-order valence-corrected chi connectivity index (χ2v) is 27.2. The van der Waals surface area contributed by atoms with Gasteiger partial charge in [-0.3, -0.25) is 82.7 Å². The van der Waals surface area contributed by atoms with E-state index in [2.05, 4.69) is 127 Å². The first-order chi connectivity index (χ1) is 52.9. The number of carbonyl (C=O) groups excluding carboxylic acids is 14. The molecule has 39 nitrogen and oxygen atoms in total. The number of H-pyrrole nitrogens is 2. The predicted octanol–water partition coefficient (Wildman–Crippen LogP) is -5.13. The number of nitrogens with one attached hydrogen (secondary N) is 18. The molecule has 1 fully saturated rings. The van der Waals surface area contributed by atoms with E-state index in [4.69, 9.17) is 28.0 Å². The van der Waals surface area contributed by atoms with Crippen LogP contribution >= 0.6 is 37.9 Å². The van der Waals surface area contributed by atoms with Gasteiger partial charge in [0.15, 0.2) is 11.9 Å². The van der Waals surface area contributed by atoms with Crippen LogP contribution in [0.1, 0.15) is 101 Å². The fourth-order valence-electron chi connectivity index (χ4n) is 11.7. The van der Waals surface area contributed by atoms with E-state index < -0.39 is 193 Å². The van der Waals surface area contributed by atoms with Gasteiger partial charge in [-0.2, -0.15) is 37.9 Å². The predicted molar refractivity (Wildman–Crippen MR) is 416 cm³/mol. The number of benzene rings is 2. The minimum Gasteiger partial charge on any atom is -0.481 e. The average Bonchev–Trinajstić information content (AvgIpc) is 1.53. The van der Waals surface area contributed by atoms with Crippen molar-refractivity contribution in [1.82, 2.24) is 94.3 Å². The molecule has 0 radical (unpaired) electrons. The second kappa shape index (κ2) is 47.0. The summed E-state index contributed by atoms with van der Waals surface area (Å²) in [7, 11) is 0. The lowest BCUT2D eigenvalue weighted by Gasteiger charge is -2.31. The summed E-state index contributed by atoms with van der Waals surface area (Å²) in [5, 5.41) is 61.8. The number of nitrogens with two attached hydrogens (primary N) is 3. The number of aromatic amines is 2. The van der Waals surface area contributed by atoms with Gasteiger partial charge in [0.25, 0.3) is 0 Å². The summed E-state index contributed by atoms with van der Waals surface area (Å²) in [4.78, 5) is 217. The van der Waals surface area contributed by atoms with Crippen molar-refractivity contribution in [3.8, 4) is 0 Å². The molecule has 25 N–H and O–H groups in total. The van der Waals surface area contributed by atoms with Crippen molar-refractivity contribution < 1.29 is 77.0 Å². The molecule has 0 unspecified atom stereocenters. The molecule has 14 amide bonds. The Balaban J connectivity index is 1.45. The second-order valence-electron chi connectivity index (χ2n) is 26.1. The van der Waals surface area contributed by atoms with Crippen LogP contribution in [0.5, 0.6) is 0 Å². The number of hydrogen-bond donors (Lipinski definition) is 25. The molecule has 5 rings (SSSR count). The van der Waals surface area contributed by atoms with Crippen molar-refractivity contribution in [2.45, 2.75) is 170 Å². The minimum absolute atomic E-state index is 0.00923. The molecule has 1 aliphatic heterocycles. The zero-order valence-electron chi connectivity index (χ0n) is 61.4. The van der Waals surface area contributed by atoms with Crippen molar-refractivity contribution in [2.75, 3.05) is 50.0 Å². The molecule has 111 heavy (non-hydrogen) atoms. The molecule has 0 saturated carbocycles. The van der Waals surface area contributed by atoms with Gasteiger partial charge in [0.2, 0.25) is 82.7 Å². The van der Waals surface area contributed by atoms with Gasteiger partial charge in [0.1, 0.15) is 66.5 Å². The number of nitrogens with zero attached hydrogens (tertiary/aromatic N) is 2. The number of carboxylic acid groups (broad SMARTS) is 1. The van der Waals surface area contributed by atoms with Gasteiger partial charge in [0, 0.05) is 98.5 Å². The van der Waals surface area contributed by atoms with Crippen LogP contribution in [0.2, 0.25) is 0 Å². The van der Waals surface area contributed by atoms with E-state index >= 15 is 14.4 Å². The zero-order valence-corrected chi connectivity index (χ0v) is 64.1. The zero-order chi connectivity index (χ0) is 81.7. The number of carbonyl (C=O) groups is 15. The lowest BCUT2D eigenvalue weighted by Crippen LogP contribution is -2.61. The number of unbranched alkanes of at least 4 members (excludes halogenated alkanes) is 1. The molecule has 3 heterocycles. The van der Waals surface area contributed by atoms with E-state index in [0.717, 1.165) is 6.92 Å². The number of aliphatic carboxylic acids is 1. The van der Waals surface area contributed by atoms with E-state index in [9.17, 15) is 62.6 Å². The lowest BCUT2D eigenvalue weighted by molar-refractivity contribution is -0.142. The van der Waals surface area contributed by atoms with Crippen LogP contribution in [0, 0.1) is 10.8 Å². The van der Waals surface area contributed by atoms with Gasteiger partial charge >= 0.3 is 5.97 Å². The summed E-state index contributed by atoms with van der Waals surface area (Å²) in [5.41, 5.74) is 18.2. The largest absolute Gasteiger partial charge is 0.481 e. The number of carboxylic acids is 1. The molecule has 2 aromatic heterocycles. The summed E-state index contributed by atoms with van der Waals surface area (Å²) >= 11 is 12.7. The fraction of sp³-hybridized carbons (Fsp3) is 0.507. The first-order valence-corrected chi connectivity index (χ1v) is 37.8. The molecular weight excluding hydrogens is 1500 g/mol. The number of amides is 14. The average molecular weight is 1600 g/mol.